The fourth-order valence-corrected chi connectivity index (χ4v) is 3.60. The van der Waals surface area contributed by atoms with Crippen LogP contribution in [0.25, 0.3) is 0 Å². The molecule has 0 saturated carbocycles. The molecular weight excluding hydrogens is 524 g/mol. The molecule has 40 heavy (non-hydrogen) atoms. The van der Waals surface area contributed by atoms with Crippen LogP contribution in [-0.4, -0.2) is 99.6 Å². The Morgan fingerprint density at radius 2 is 0.925 bits per heavy atom. The zero-order valence-corrected chi connectivity index (χ0v) is 23.9. The van der Waals surface area contributed by atoms with Gasteiger partial charge in [0.2, 0.25) is 29.5 Å². The first-order valence-corrected chi connectivity index (χ1v) is 14.3. The molecule has 0 heterocycles. The van der Waals surface area contributed by atoms with Crippen molar-refractivity contribution >= 4 is 29.5 Å². The second-order valence-electron chi connectivity index (χ2n) is 9.57. The van der Waals surface area contributed by atoms with E-state index in [1.807, 2.05) is 0 Å². The number of hydrogen-bond acceptors (Lipinski definition) is 9. The maximum Gasteiger partial charge on any atom is 0.246 e. The van der Waals surface area contributed by atoms with E-state index in [0.717, 1.165) is 19.3 Å². The summed E-state index contributed by atoms with van der Waals surface area (Å²) in [5.74, 6) is -1.96. The van der Waals surface area contributed by atoms with Crippen LogP contribution in [0.5, 0.6) is 0 Å². The molecule has 0 aromatic heterocycles. The summed E-state index contributed by atoms with van der Waals surface area (Å²) in [7, 11) is 0. The Balaban J connectivity index is 3.76. The van der Waals surface area contributed by atoms with Gasteiger partial charge in [-0.15, -0.1) is 0 Å². The Morgan fingerprint density at radius 3 is 1.30 bits per heavy atom. The molecule has 14 nitrogen and oxygen atoms in total. The van der Waals surface area contributed by atoms with Crippen molar-refractivity contribution in [2.45, 2.75) is 96.8 Å². The van der Waals surface area contributed by atoms with Crippen LogP contribution in [0.15, 0.2) is 0 Å². The third kappa shape index (κ3) is 20.1. The third-order valence-corrected chi connectivity index (χ3v) is 6.11. The quantitative estimate of drug-likeness (QED) is 0.0557. The minimum absolute atomic E-state index is 0.0190. The fourth-order valence-electron chi connectivity index (χ4n) is 3.60. The molecule has 0 aromatic carbocycles. The molecule has 0 rings (SSSR count). The van der Waals surface area contributed by atoms with Crippen LogP contribution in [-0.2, 0) is 24.0 Å². The monoisotopic (exact) mass is 574 g/mol. The fraction of sp³-hybridized carbons (Fsp3) is 0.808. The molecule has 0 aliphatic carbocycles. The van der Waals surface area contributed by atoms with E-state index in [4.69, 9.17) is 5.73 Å². The van der Waals surface area contributed by atoms with Crippen LogP contribution >= 0.6 is 0 Å². The van der Waals surface area contributed by atoms with Gasteiger partial charge in [-0.1, -0.05) is 13.3 Å². The van der Waals surface area contributed by atoms with Crippen molar-refractivity contribution in [3.05, 3.63) is 0 Å². The van der Waals surface area contributed by atoms with Gasteiger partial charge < -0.3 is 16.4 Å². The van der Waals surface area contributed by atoms with Gasteiger partial charge in [0, 0.05) is 64.8 Å². The minimum atomic E-state index is -0.547. The highest BCUT2D eigenvalue weighted by Crippen LogP contribution is 2.03. The van der Waals surface area contributed by atoms with Crippen molar-refractivity contribution in [3.63, 3.8) is 0 Å². The van der Waals surface area contributed by atoms with Gasteiger partial charge >= 0.3 is 0 Å². The van der Waals surface area contributed by atoms with Crippen molar-refractivity contribution in [2.75, 3.05) is 39.3 Å². The summed E-state index contributed by atoms with van der Waals surface area (Å²) in [5.41, 5.74) is 5.40. The van der Waals surface area contributed by atoms with E-state index in [1.165, 1.54) is 0 Å². The number of hydrogen-bond donors (Lipinski definition) is 6. The Kier molecular flexibility index (Phi) is 22.3. The molecule has 0 atom stereocenters. The summed E-state index contributed by atoms with van der Waals surface area (Å²) in [6, 6.07) is 0. The van der Waals surface area contributed by atoms with E-state index >= 15 is 0 Å². The Hall–Kier alpha value is -2.81. The van der Waals surface area contributed by atoms with Gasteiger partial charge in [0.15, 0.2) is 0 Å². The van der Waals surface area contributed by atoms with Crippen molar-refractivity contribution < 1.29 is 39.6 Å². The van der Waals surface area contributed by atoms with Crippen molar-refractivity contribution in [1.29, 1.82) is 0 Å². The van der Waals surface area contributed by atoms with E-state index in [9.17, 15) is 39.6 Å². The molecule has 14 heteroatoms. The summed E-state index contributed by atoms with van der Waals surface area (Å²) >= 11 is 0. The van der Waals surface area contributed by atoms with E-state index in [0.29, 0.717) is 73.3 Å². The summed E-state index contributed by atoms with van der Waals surface area (Å²) < 4.78 is 0. The zero-order valence-electron chi connectivity index (χ0n) is 23.9. The summed E-state index contributed by atoms with van der Waals surface area (Å²) in [4.78, 5) is 58.8. The average Bonchev–Trinajstić information content (AvgIpc) is 2.95. The lowest BCUT2D eigenvalue weighted by molar-refractivity contribution is -0.166. The molecule has 0 spiro atoms. The Bertz CT molecular complexity index is 755. The largest absolute Gasteiger partial charge is 0.356 e. The normalized spacial score (nSPS) is 10.6. The molecule has 0 saturated heterocycles. The summed E-state index contributed by atoms with van der Waals surface area (Å²) in [6.07, 6.45) is 6.09. The van der Waals surface area contributed by atoms with Gasteiger partial charge in [-0.05, 0) is 57.9 Å². The standard InChI is InChI=1S/C26H50N6O8/c1-2-24(35)30(38)19-10-4-7-17-28-23(34)13-15-26(37)32(40)21-11-5-8-18-29-22(33)12-14-25(36)31(39)20-9-3-6-16-27/h38-40H,2-21,27H2,1H3,(H,28,34)(H,29,33). The van der Waals surface area contributed by atoms with E-state index in [2.05, 4.69) is 10.6 Å². The van der Waals surface area contributed by atoms with Crippen LogP contribution in [0.3, 0.4) is 0 Å². The second kappa shape index (κ2) is 24.0. The number of amides is 5. The first-order chi connectivity index (χ1) is 19.1. The van der Waals surface area contributed by atoms with Gasteiger partial charge in [0.1, 0.15) is 0 Å². The molecule has 5 amide bonds. The Labute approximate surface area is 237 Å². The molecule has 0 fully saturated rings. The molecule has 0 radical (unpaired) electrons. The number of nitrogens with zero attached hydrogens (tertiary/aromatic N) is 3. The van der Waals surface area contributed by atoms with E-state index in [1.54, 1.807) is 6.92 Å². The smallest absolute Gasteiger partial charge is 0.246 e. The van der Waals surface area contributed by atoms with Crippen LogP contribution < -0.4 is 16.4 Å². The summed E-state index contributed by atoms with van der Waals surface area (Å²) in [5, 5.41) is 36.3. The highest BCUT2D eigenvalue weighted by Gasteiger charge is 2.14. The molecule has 0 bridgehead atoms. The number of carbonyl (C=O) groups excluding carboxylic acids is 5. The van der Waals surface area contributed by atoms with Crippen LogP contribution in [0.4, 0.5) is 0 Å². The number of unbranched alkanes of at least 4 members (excludes halogenated alkanes) is 6. The van der Waals surface area contributed by atoms with Crippen LogP contribution in [0.2, 0.25) is 0 Å². The predicted octanol–water partition coefficient (Wildman–Crippen LogP) is 1.31. The number of nitrogens with one attached hydrogen (secondary N) is 2. The van der Waals surface area contributed by atoms with Crippen molar-refractivity contribution in [1.82, 2.24) is 25.8 Å². The number of rotatable bonds is 24. The zero-order chi connectivity index (χ0) is 30.2. The molecule has 0 aliphatic heterocycles. The predicted molar refractivity (Wildman–Crippen MR) is 146 cm³/mol. The van der Waals surface area contributed by atoms with Gasteiger partial charge in [-0.2, -0.15) is 0 Å². The number of hydroxylamine groups is 6. The molecule has 232 valence electrons. The van der Waals surface area contributed by atoms with Crippen molar-refractivity contribution in [3.8, 4) is 0 Å². The highest BCUT2D eigenvalue weighted by molar-refractivity contribution is 5.83. The second-order valence-corrected chi connectivity index (χ2v) is 9.57. The molecule has 0 aliphatic rings. The first-order valence-electron chi connectivity index (χ1n) is 14.3. The van der Waals surface area contributed by atoms with Crippen molar-refractivity contribution in [2.24, 2.45) is 5.73 Å². The van der Waals surface area contributed by atoms with E-state index in [-0.39, 0.29) is 69.5 Å². The van der Waals surface area contributed by atoms with Crippen LogP contribution in [0.1, 0.15) is 96.8 Å². The lowest BCUT2D eigenvalue weighted by Gasteiger charge is -2.15. The lowest BCUT2D eigenvalue weighted by Crippen LogP contribution is -2.31. The number of carbonyl (C=O) groups is 5. The maximum absolute atomic E-state index is 12.0. The van der Waals surface area contributed by atoms with Crippen LogP contribution in [0, 0.1) is 0 Å². The Morgan fingerprint density at radius 1 is 0.550 bits per heavy atom. The topological polar surface area (TPSA) is 206 Å². The van der Waals surface area contributed by atoms with Gasteiger partial charge in [-0.3, -0.25) is 39.6 Å². The average molecular weight is 575 g/mol. The third-order valence-electron chi connectivity index (χ3n) is 6.11. The lowest BCUT2D eigenvalue weighted by atomic mass is 10.2. The first kappa shape index (κ1) is 37.2. The molecule has 7 N–H and O–H groups in total. The highest BCUT2D eigenvalue weighted by atomic mass is 16.5. The number of nitrogens with two attached hydrogens (primary N) is 1. The summed E-state index contributed by atoms with van der Waals surface area (Å²) in [6.45, 7) is 3.63. The molecule has 0 unspecified atom stereocenters. The van der Waals surface area contributed by atoms with E-state index < -0.39 is 11.8 Å². The molecule has 0 aromatic rings. The van der Waals surface area contributed by atoms with Gasteiger partial charge in [-0.25, -0.2) is 15.2 Å². The SMILES string of the molecule is CCC(=O)N(O)CCCCCNC(=O)CCC(=O)N(O)CCCCCNC(=O)CCC(=O)N(O)CCCCCN. The van der Waals surface area contributed by atoms with Gasteiger partial charge in [0.05, 0.1) is 0 Å². The van der Waals surface area contributed by atoms with Gasteiger partial charge in [0.25, 0.3) is 0 Å². The maximum atomic E-state index is 12.0. The molecular formula is C26H50N6O8. The minimum Gasteiger partial charge on any atom is -0.356 e.